The molecule has 3 N–H and O–H groups in total. The van der Waals surface area contributed by atoms with Crippen molar-refractivity contribution in [3.63, 3.8) is 0 Å². The van der Waals surface area contributed by atoms with E-state index in [2.05, 4.69) is 16.0 Å². The highest BCUT2D eigenvalue weighted by Crippen LogP contribution is 1.98. The quantitative estimate of drug-likeness (QED) is 0.505. The Morgan fingerprint density at radius 2 is 1.56 bits per heavy atom. The lowest BCUT2D eigenvalue weighted by molar-refractivity contribution is -0.123. The van der Waals surface area contributed by atoms with Crippen LogP contribution < -0.4 is 16.0 Å². The summed E-state index contributed by atoms with van der Waals surface area (Å²) in [7, 11) is 3.34. The van der Waals surface area contributed by atoms with Crippen molar-refractivity contribution in [3.05, 3.63) is 0 Å². The van der Waals surface area contributed by atoms with Gasteiger partial charge >= 0.3 is 0 Å². The molecule has 104 valence electrons. The number of carbonyl (C=O) groups is 3. The summed E-state index contributed by atoms with van der Waals surface area (Å²) in [6, 6.07) is -0.780. The summed E-state index contributed by atoms with van der Waals surface area (Å²) in [6.45, 7) is 3.22. The predicted molar refractivity (Wildman–Crippen MR) is 69.3 cm³/mol. The molecule has 0 aliphatic heterocycles. The Balaban J connectivity index is 4.18. The van der Waals surface area contributed by atoms with Gasteiger partial charge in [0.2, 0.25) is 5.91 Å². The van der Waals surface area contributed by atoms with Gasteiger partial charge < -0.3 is 20.7 Å². The van der Waals surface area contributed by atoms with Crippen molar-refractivity contribution >= 4 is 17.5 Å². The van der Waals surface area contributed by atoms with E-state index in [0.29, 0.717) is 12.8 Å². The summed E-state index contributed by atoms with van der Waals surface area (Å²) in [5.41, 5.74) is 0. The number of Topliss-reactive ketones (excluding diaryl/α,β-unsaturated/α-hetero) is 2. The largest absolute Gasteiger partial charge is 0.353 e. The SMILES string of the molecule is CN[C@@H](CNC(=O)[C@H](CCC(C)=O)NC)C(C)=O. The highest BCUT2D eigenvalue weighted by Gasteiger charge is 2.19. The summed E-state index contributed by atoms with van der Waals surface area (Å²) < 4.78 is 0. The topological polar surface area (TPSA) is 87.3 Å². The first-order valence-corrected chi connectivity index (χ1v) is 6.04. The maximum Gasteiger partial charge on any atom is 0.237 e. The number of nitrogens with one attached hydrogen (secondary N) is 3. The fourth-order valence-corrected chi connectivity index (χ4v) is 1.53. The third-order valence-electron chi connectivity index (χ3n) is 2.77. The summed E-state index contributed by atoms with van der Waals surface area (Å²) in [5.74, 6) is -0.164. The van der Waals surface area contributed by atoms with Gasteiger partial charge in [-0.15, -0.1) is 0 Å². The van der Waals surface area contributed by atoms with Crippen LogP contribution in [0.5, 0.6) is 0 Å². The predicted octanol–water partition coefficient (Wildman–Crippen LogP) is -0.763. The summed E-state index contributed by atoms with van der Waals surface area (Å²) in [5, 5.41) is 8.38. The Labute approximate surface area is 108 Å². The minimum absolute atomic E-state index is 0.0254. The molecule has 0 spiro atoms. The maximum atomic E-state index is 11.8. The zero-order valence-electron chi connectivity index (χ0n) is 11.5. The van der Waals surface area contributed by atoms with Crippen LogP contribution in [0.15, 0.2) is 0 Å². The first kappa shape index (κ1) is 16.7. The molecule has 0 aromatic carbocycles. The van der Waals surface area contributed by atoms with E-state index in [1.165, 1.54) is 13.8 Å². The number of rotatable bonds is 9. The molecule has 0 rings (SSSR count). The Kier molecular flexibility index (Phi) is 8.15. The van der Waals surface area contributed by atoms with E-state index in [1.54, 1.807) is 14.1 Å². The summed E-state index contributed by atoms with van der Waals surface area (Å²) in [6.07, 6.45) is 0.822. The lowest BCUT2D eigenvalue weighted by Crippen LogP contribution is -2.49. The minimum Gasteiger partial charge on any atom is -0.353 e. The summed E-state index contributed by atoms with van der Waals surface area (Å²) >= 11 is 0. The number of hydrogen-bond donors (Lipinski definition) is 3. The third kappa shape index (κ3) is 6.46. The van der Waals surface area contributed by atoms with Crippen LogP contribution in [0, 0.1) is 0 Å². The van der Waals surface area contributed by atoms with Gasteiger partial charge in [-0.3, -0.25) is 9.59 Å². The van der Waals surface area contributed by atoms with Gasteiger partial charge in [-0.25, -0.2) is 0 Å². The Bertz CT molecular complexity index is 305. The van der Waals surface area contributed by atoms with Crippen molar-refractivity contribution in [1.82, 2.24) is 16.0 Å². The van der Waals surface area contributed by atoms with Gasteiger partial charge in [0.05, 0.1) is 12.1 Å². The summed E-state index contributed by atoms with van der Waals surface area (Å²) in [4.78, 5) is 33.8. The average Bonchev–Trinajstić information content (AvgIpc) is 2.29. The second-order valence-electron chi connectivity index (χ2n) is 4.28. The van der Waals surface area contributed by atoms with E-state index in [-0.39, 0.29) is 30.1 Å². The van der Waals surface area contributed by atoms with Crippen molar-refractivity contribution in [2.45, 2.75) is 38.8 Å². The van der Waals surface area contributed by atoms with Gasteiger partial charge in [-0.1, -0.05) is 0 Å². The van der Waals surface area contributed by atoms with E-state index in [1.807, 2.05) is 0 Å². The lowest BCUT2D eigenvalue weighted by Gasteiger charge is -2.18. The van der Waals surface area contributed by atoms with Gasteiger partial charge in [0.25, 0.3) is 0 Å². The van der Waals surface area contributed by atoms with Gasteiger partial charge in [0.15, 0.2) is 0 Å². The van der Waals surface area contributed by atoms with E-state index < -0.39 is 6.04 Å². The molecule has 6 nitrogen and oxygen atoms in total. The number of hydrogen-bond acceptors (Lipinski definition) is 5. The minimum atomic E-state index is -0.404. The molecule has 0 aliphatic rings. The number of amides is 1. The molecule has 0 aromatic rings. The molecule has 0 bridgehead atoms. The lowest BCUT2D eigenvalue weighted by atomic mass is 10.1. The van der Waals surface area contributed by atoms with Crippen LogP contribution in [0.1, 0.15) is 26.7 Å². The van der Waals surface area contributed by atoms with Crippen LogP contribution in [0.2, 0.25) is 0 Å². The highest BCUT2D eigenvalue weighted by atomic mass is 16.2. The average molecular weight is 257 g/mol. The van der Waals surface area contributed by atoms with Crippen molar-refractivity contribution in [2.24, 2.45) is 0 Å². The molecule has 2 atom stereocenters. The molecule has 0 aromatic heterocycles. The first-order valence-electron chi connectivity index (χ1n) is 6.04. The standard InChI is InChI=1S/C12H23N3O3/c1-8(16)5-6-10(13-3)12(18)15-7-11(14-4)9(2)17/h10-11,13-14H,5-7H2,1-4H3,(H,15,18)/t10-,11-/m0/s1. The van der Waals surface area contributed by atoms with Crippen molar-refractivity contribution in [2.75, 3.05) is 20.6 Å². The van der Waals surface area contributed by atoms with Gasteiger partial charge in [-0.05, 0) is 34.4 Å². The van der Waals surface area contributed by atoms with Crippen molar-refractivity contribution in [3.8, 4) is 0 Å². The van der Waals surface area contributed by atoms with E-state index in [0.717, 1.165) is 0 Å². The second kappa shape index (κ2) is 8.77. The normalized spacial score (nSPS) is 13.8. The van der Waals surface area contributed by atoms with E-state index in [4.69, 9.17) is 0 Å². The molecule has 0 radical (unpaired) electrons. The van der Waals surface area contributed by atoms with Crippen LogP contribution in [0.25, 0.3) is 0 Å². The maximum absolute atomic E-state index is 11.8. The molecule has 0 saturated carbocycles. The zero-order chi connectivity index (χ0) is 14.1. The molecule has 1 amide bonds. The molecule has 0 unspecified atom stereocenters. The van der Waals surface area contributed by atoms with Crippen LogP contribution in [-0.2, 0) is 14.4 Å². The Hall–Kier alpha value is -1.27. The Morgan fingerprint density at radius 1 is 1.00 bits per heavy atom. The van der Waals surface area contributed by atoms with Crippen LogP contribution in [-0.4, -0.2) is 50.2 Å². The van der Waals surface area contributed by atoms with E-state index in [9.17, 15) is 14.4 Å². The number of ketones is 2. The molecular formula is C12H23N3O3. The van der Waals surface area contributed by atoms with E-state index >= 15 is 0 Å². The number of likely N-dealkylation sites (N-methyl/N-ethyl adjacent to an activating group) is 2. The third-order valence-corrected chi connectivity index (χ3v) is 2.77. The van der Waals surface area contributed by atoms with Crippen LogP contribution in [0.4, 0.5) is 0 Å². The van der Waals surface area contributed by atoms with Crippen molar-refractivity contribution in [1.29, 1.82) is 0 Å². The fraction of sp³-hybridized carbons (Fsp3) is 0.750. The van der Waals surface area contributed by atoms with Gasteiger partial charge in [0.1, 0.15) is 11.6 Å². The van der Waals surface area contributed by atoms with Gasteiger partial charge in [-0.2, -0.15) is 0 Å². The molecule has 0 saturated heterocycles. The van der Waals surface area contributed by atoms with Gasteiger partial charge in [0, 0.05) is 13.0 Å². The molecule has 0 heterocycles. The molecule has 18 heavy (non-hydrogen) atoms. The van der Waals surface area contributed by atoms with Crippen molar-refractivity contribution < 1.29 is 14.4 Å². The Morgan fingerprint density at radius 3 is 1.94 bits per heavy atom. The number of carbonyl (C=O) groups excluding carboxylic acids is 3. The molecule has 0 aliphatic carbocycles. The monoisotopic (exact) mass is 257 g/mol. The highest BCUT2D eigenvalue weighted by molar-refractivity contribution is 5.85. The first-order chi connectivity index (χ1) is 8.42. The molecule has 0 fully saturated rings. The van der Waals surface area contributed by atoms with Crippen LogP contribution in [0.3, 0.4) is 0 Å². The molecular weight excluding hydrogens is 234 g/mol. The zero-order valence-corrected chi connectivity index (χ0v) is 11.5. The van der Waals surface area contributed by atoms with Crippen LogP contribution >= 0.6 is 0 Å². The fourth-order valence-electron chi connectivity index (χ4n) is 1.53. The smallest absolute Gasteiger partial charge is 0.237 e. The molecule has 6 heteroatoms. The second-order valence-corrected chi connectivity index (χ2v) is 4.28.